The molecule has 1 aliphatic carbocycles. The van der Waals surface area contributed by atoms with E-state index >= 15 is 0 Å². The minimum absolute atomic E-state index is 0.378. The molecular weight excluding hydrogens is 438 g/mol. The SMILES string of the molecule is II.NC(=O)c1c(N)sc2c1CCCC2. The average Bonchev–Trinajstić information content (AvgIpc) is 2.56. The van der Waals surface area contributed by atoms with E-state index in [-0.39, 0.29) is 5.91 Å². The zero-order chi connectivity index (χ0) is 11.4. The van der Waals surface area contributed by atoms with Gasteiger partial charge in [-0.1, -0.05) is 0 Å². The smallest absolute Gasteiger partial charge is 0.251 e. The van der Waals surface area contributed by atoms with Crippen molar-refractivity contribution in [2.45, 2.75) is 25.7 Å². The summed E-state index contributed by atoms with van der Waals surface area (Å²) in [5.74, 6) is -0.378. The highest BCUT2D eigenvalue weighted by atomic mass is 128. The van der Waals surface area contributed by atoms with Crippen LogP contribution in [-0.4, -0.2) is 5.91 Å². The predicted octanol–water partition coefficient (Wildman–Crippen LogP) is 3.08. The third kappa shape index (κ3) is 2.96. The number of carbonyl (C=O) groups is 1. The summed E-state index contributed by atoms with van der Waals surface area (Å²) >= 11 is 5.76. The van der Waals surface area contributed by atoms with Gasteiger partial charge >= 0.3 is 0 Å². The number of anilines is 1. The second-order valence-corrected chi connectivity index (χ2v) is 4.45. The number of hydrogen-bond acceptors (Lipinski definition) is 3. The van der Waals surface area contributed by atoms with Gasteiger partial charge in [-0.25, -0.2) is 0 Å². The minimum atomic E-state index is -0.378. The average molecular weight is 450 g/mol. The van der Waals surface area contributed by atoms with Crippen molar-refractivity contribution in [1.29, 1.82) is 0 Å². The number of hydrogen-bond donors (Lipinski definition) is 2. The van der Waals surface area contributed by atoms with Gasteiger partial charge in [0.15, 0.2) is 0 Å². The van der Waals surface area contributed by atoms with Crippen molar-refractivity contribution in [2.75, 3.05) is 5.73 Å². The van der Waals surface area contributed by atoms with Gasteiger partial charge in [0.1, 0.15) is 0 Å². The summed E-state index contributed by atoms with van der Waals surface area (Å²) < 4.78 is 0. The zero-order valence-electron chi connectivity index (χ0n) is 8.06. The van der Waals surface area contributed by atoms with E-state index in [9.17, 15) is 4.79 Å². The molecule has 1 amide bonds. The zero-order valence-corrected chi connectivity index (χ0v) is 13.2. The molecule has 0 saturated carbocycles. The Morgan fingerprint density at radius 1 is 1.27 bits per heavy atom. The first-order valence-corrected chi connectivity index (χ1v) is 11.6. The van der Waals surface area contributed by atoms with E-state index in [0.29, 0.717) is 10.6 Å². The van der Waals surface area contributed by atoms with E-state index in [4.69, 9.17) is 11.5 Å². The van der Waals surface area contributed by atoms with Crippen molar-refractivity contribution >= 4 is 59.5 Å². The Labute approximate surface area is 116 Å². The van der Waals surface area contributed by atoms with E-state index < -0.39 is 0 Å². The molecule has 4 N–H and O–H groups in total. The largest absolute Gasteiger partial charge is 0.390 e. The summed E-state index contributed by atoms with van der Waals surface area (Å²) in [5, 5.41) is 0.597. The molecule has 15 heavy (non-hydrogen) atoms. The number of primary amides is 1. The summed E-state index contributed by atoms with van der Waals surface area (Å²) in [6, 6.07) is 0. The van der Waals surface area contributed by atoms with Crippen LogP contribution in [0, 0.1) is 0 Å². The second-order valence-electron chi connectivity index (χ2n) is 3.31. The standard InChI is InChI=1S/C9H12N2OS.I2/c10-8(12)7-5-3-1-2-4-6(5)13-9(7)11;1-2/h1-4,11H2,(H2,10,12);. The van der Waals surface area contributed by atoms with E-state index in [0.717, 1.165) is 24.8 Å². The third-order valence-electron chi connectivity index (χ3n) is 2.44. The maximum Gasteiger partial charge on any atom is 0.251 e. The molecule has 0 aromatic carbocycles. The van der Waals surface area contributed by atoms with Crippen molar-refractivity contribution in [2.24, 2.45) is 5.73 Å². The van der Waals surface area contributed by atoms with Gasteiger partial charge in [-0.3, -0.25) is 4.79 Å². The van der Waals surface area contributed by atoms with Gasteiger partial charge in [-0.15, -0.1) is 11.3 Å². The number of nitrogens with two attached hydrogens (primary N) is 2. The Morgan fingerprint density at radius 3 is 2.47 bits per heavy atom. The Balaban J connectivity index is 0.000000531. The van der Waals surface area contributed by atoms with Crippen LogP contribution in [0.4, 0.5) is 5.00 Å². The lowest BCUT2D eigenvalue weighted by Crippen LogP contribution is -2.15. The molecule has 0 saturated heterocycles. The molecule has 1 aromatic heterocycles. The molecule has 84 valence electrons. The molecule has 3 nitrogen and oxygen atoms in total. The molecule has 0 aliphatic heterocycles. The number of halogens is 2. The molecule has 0 spiro atoms. The highest BCUT2D eigenvalue weighted by Gasteiger charge is 2.21. The molecule has 1 heterocycles. The Kier molecular flexibility index (Phi) is 5.61. The first kappa shape index (κ1) is 13.5. The lowest BCUT2D eigenvalue weighted by molar-refractivity contribution is 0.100. The predicted molar refractivity (Wildman–Crippen MR) is 81.9 cm³/mol. The van der Waals surface area contributed by atoms with Crippen LogP contribution in [0.3, 0.4) is 0 Å². The van der Waals surface area contributed by atoms with Crippen molar-refractivity contribution in [1.82, 2.24) is 0 Å². The lowest BCUT2D eigenvalue weighted by atomic mass is 9.95. The second kappa shape index (κ2) is 6.24. The van der Waals surface area contributed by atoms with E-state index in [1.165, 1.54) is 22.6 Å². The van der Waals surface area contributed by atoms with Crippen LogP contribution in [0.15, 0.2) is 0 Å². The van der Waals surface area contributed by atoms with Crippen LogP contribution in [0.25, 0.3) is 0 Å². The fourth-order valence-corrected chi connectivity index (χ4v) is 3.02. The lowest BCUT2D eigenvalue weighted by Gasteiger charge is -2.10. The van der Waals surface area contributed by atoms with E-state index in [1.807, 2.05) is 0 Å². The molecule has 1 aromatic rings. The Morgan fingerprint density at radius 2 is 1.87 bits per heavy atom. The van der Waals surface area contributed by atoms with Crippen molar-refractivity contribution < 1.29 is 4.79 Å². The fraction of sp³-hybridized carbons (Fsp3) is 0.444. The Bertz CT molecular complexity index is 365. The summed E-state index contributed by atoms with van der Waals surface area (Å²) in [6.45, 7) is 0. The highest BCUT2D eigenvalue weighted by molar-refractivity contribution is 15.0. The molecule has 0 radical (unpaired) electrons. The molecule has 6 heteroatoms. The summed E-state index contributed by atoms with van der Waals surface area (Å²) in [4.78, 5) is 12.4. The normalized spacial score (nSPS) is 13.7. The number of aryl methyl sites for hydroxylation is 1. The summed E-state index contributed by atoms with van der Waals surface area (Å²) in [5.41, 5.74) is 12.7. The highest BCUT2D eigenvalue weighted by Crippen LogP contribution is 2.35. The van der Waals surface area contributed by atoms with E-state index in [2.05, 4.69) is 37.2 Å². The van der Waals surface area contributed by atoms with Gasteiger partial charge in [-0.2, -0.15) is 0 Å². The Hall–Kier alpha value is 0.430. The maximum atomic E-state index is 11.1. The molecular formula is C9H12I2N2OS. The van der Waals surface area contributed by atoms with Gasteiger partial charge in [0.2, 0.25) is 0 Å². The first-order chi connectivity index (χ1) is 7.20. The quantitative estimate of drug-likeness (QED) is 0.647. The number of rotatable bonds is 1. The van der Waals surface area contributed by atoms with Gasteiger partial charge in [0, 0.05) is 42.1 Å². The molecule has 2 rings (SSSR count). The number of amides is 1. The van der Waals surface area contributed by atoms with Crippen LogP contribution in [0.2, 0.25) is 0 Å². The van der Waals surface area contributed by atoms with Gasteiger partial charge < -0.3 is 11.5 Å². The number of carbonyl (C=O) groups excluding carboxylic acids is 1. The number of thiophene rings is 1. The molecule has 0 atom stereocenters. The van der Waals surface area contributed by atoms with Crippen LogP contribution in [-0.2, 0) is 12.8 Å². The summed E-state index contributed by atoms with van der Waals surface area (Å²) in [7, 11) is 0. The maximum absolute atomic E-state index is 11.1. The van der Waals surface area contributed by atoms with Gasteiger partial charge in [0.25, 0.3) is 5.91 Å². The van der Waals surface area contributed by atoms with Crippen molar-refractivity contribution in [3.63, 3.8) is 0 Å². The topological polar surface area (TPSA) is 69.1 Å². The number of fused-ring (bicyclic) bond motifs is 1. The fourth-order valence-electron chi connectivity index (χ4n) is 1.86. The molecule has 1 aliphatic rings. The summed E-state index contributed by atoms with van der Waals surface area (Å²) in [6.07, 6.45) is 4.35. The van der Waals surface area contributed by atoms with Crippen LogP contribution in [0.5, 0.6) is 0 Å². The molecule has 0 fully saturated rings. The minimum Gasteiger partial charge on any atom is -0.390 e. The van der Waals surface area contributed by atoms with Gasteiger partial charge in [0.05, 0.1) is 10.6 Å². The molecule has 0 unspecified atom stereocenters. The monoisotopic (exact) mass is 450 g/mol. The van der Waals surface area contributed by atoms with Crippen molar-refractivity contribution in [3.05, 3.63) is 16.0 Å². The third-order valence-corrected chi connectivity index (χ3v) is 3.57. The molecule has 0 bridgehead atoms. The van der Waals surface area contributed by atoms with Crippen LogP contribution < -0.4 is 11.5 Å². The van der Waals surface area contributed by atoms with E-state index in [1.54, 1.807) is 0 Å². The van der Waals surface area contributed by atoms with Gasteiger partial charge in [-0.05, 0) is 31.2 Å². The first-order valence-electron chi connectivity index (χ1n) is 4.54. The number of nitrogen functional groups attached to an aromatic ring is 1. The van der Waals surface area contributed by atoms with Crippen molar-refractivity contribution in [3.8, 4) is 0 Å². The van der Waals surface area contributed by atoms with Crippen LogP contribution in [0.1, 0.15) is 33.6 Å². The van der Waals surface area contributed by atoms with Crippen LogP contribution >= 0.6 is 48.6 Å².